The zero-order valence-corrected chi connectivity index (χ0v) is 12.6. The summed E-state index contributed by atoms with van der Waals surface area (Å²) in [6, 6.07) is 0.557. The van der Waals surface area contributed by atoms with Crippen LogP contribution in [0.2, 0.25) is 0 Å². The molecule has 1 saturated carbocycles. The molecule has 1 amide bonds. The number of hydrogen-bond acceptors (Lipinski definition) is 3. The first-order chi connectivity index (χ1) is 9.34. The van der Waals surface area contributed by atoms with Crippen molar-refractivity contribution in [1.29, 1.82) is 0 Å². The van der Waals surface area contributed by atoms with Crippen molar-refractivity contribution in [1.82, 2.24) is 10.2 Å². The minimum atomic E-state index is 0.434. The fraction of sp³-hybridized carbons (Fsp3) is 0.933. The molecule has 0 bridgehead atoms. The minimum Gasteiger partial charge on any atom is -0.338 e. The number of hydrogen-bond donors (Lipinski definition) is 1. The number of rotatable bonds is 3. The Hall–Kier alpha value is -0.220. The van der Waals surface area contributed by atoms with Gasteiger partial charge < -0.3 is 10.2 Å². The number of nitrogens with zero attached hydrogens (tertiary/aromatic N) is 1. The highest BCUT2D eigenvalue weighted by molar-refractivity contribution is 8.00. The van der Waals surface area contributed by atoms with E-state index in [-0.39, 0.29) is 0 Å². The molecule has 3 atom stereocenters. The van der Waals surface area contributed by atoms with E-state index in [0.29, 0.717) is 11.9 Å². The van der Waals surface area contributed by atoms with Gasteiger partial charge in [0.1, 0.15) is 0 Å². The Labute approximate surface area is 120 Å². The van der Waals surface area contributed by atoms with Gasteiger partial charge in [0.2, 0.25) is 5.91 Å². The van der Waals surface area contributed by atoms with E-state index in [1.54, 1.807) is 0 Å². The molecule has 1 aliphatic carbocycles. The van der Waals surface area contributed by atoms with Crippen LogP contribution in [0.1, 0.15) is 44.9 Å². The first kappa shape index (κ1) is 13.7. The number of fused-ring (bicyclic) bond motifs is 1. The standard InChI is InChI=1S/C15H26N2OS/c18-15(6-5-12-7-8-16-11-12)17-9-10-19-14-4-2-1-3-13(14)17/h12-14,16H,1-11H2. The monoisotopic (exact) mass is 282 g/mol. The van der Waals surface area contributed by atoms with Crippen LogP contribution in [0.5, 0.6) is 0 Å². The SMILES string of the molecule is O=C(CCC1CCNC1)N1CCSC2CCCCC21. The number of thioether (sulfide) groups is 1. The van der Waals surface area contributed by atoms with Gasteiger partial charge in [-0.3, -0.25) is 4.79 Å². The van der Waals surface area contributed by atoms with E-state index in [1.807, 2.05) is 0 Å². The summed E-state index contributed by atoms with van der Waals surface area (Å²) in [5.74, 6) is 2.33. The van der Waals surface area contributed by atoms with Crippen molar-refractivity contribution in [2.75, 3.05) is 25.4 Å². The van der Waals surface area contributed by atoms with E-state index in [9.17, 15) is 4.79 Å². The van der Waals surface area contributed by atoms with Crippen LogP contribution >= 0.6 is 11.8 Å². The van der Waals surface area contributed by atoms with Gasteiger partial charge in [-0.2, -0.15) is 11.8 Å². The normalized spacial score (nSPS) is 35.2. The molecule has 108 valence electrons. The van der Waals surface area contributed by atoms with Gasteiger partial charge in [0.15, 0.2) is 0 Å². The van der Waals surface area contributed by atoms with Crippen LogP contribution in [0.15, 0.2) is 0 Å². The van der Waals surface area contributed by atoms with Crippen molar-refractivity contribution in [3.8, 4) is 0 Å². The summed E-state index contributed by atoms with van der Waals surface area (Å²) in [5, 5.41) is 4.13. The second kappa shape index (κ2) is 6.49. The Morgan fingerprint density at radius 2 is 2.16 bits per heavy atom. The second-order valence-electron chi connectivity index (χ2n) is 6.25. The molecule has 2 heterocycles. The minimum absolute atomic E-state index is 0.434. The lowest BCUT2D eigenvalue weighted by atomic mass is 9.92. The lowest BCUT2D eigenvalue weighted by Gasteiger charge is -2.43. The van der Waals surface area contributed by atoms with Crippen molar-refractivity contribution >= 4 is 17.7 Å². The molecule has 0 aromatic carbocycles. The van der Waals surface area contributed by atoms with Gasteiger partial charge in [-0.1, -0.05) is 12.8 Å². The smallest absolute Gasteiger partial charge is 0.222 e. The van der Waals surface area contributed by atoms with E-state index in [4.69, 9.17) is 0 Å². The summed E-state index contributed by atoms with van der Waals surface area (Å²) >= 11 is 2.11. The van der Waals surface area contributed by atoms with Crippen LogP contribution in [0, 0.1) is 5.92 Å². The molecule has 3 aliphatic rings. The molecular weight excluding hydrogens is 256 g/mol. The Bertz CT molecular complexity index is 315. The van der Waals surface area contributed by atoms with Crippen LogP contribution in [0.3, 0.4) is 0 Å². The highest BCUT2D eigenvalue weighted by Gasteiger charge is 2.36. The largest absolute Gasteiger partial charge is 0.338 e. The van der Waals surface area contributed by atoms with Crippen molar-refractivity contribution in [2.24, 2.45) is 5.92 Å². The molecule has 0 radical (unpaired) electrons. The molecule has 2 saturated heterocycles. The molecule has 3 unspecified atom stereocenters. The van der Waals surface area contributed by atoms with Gasteiger partial charge in [0.25, 0.3) is 0 Å². The van der Waals surface area contributed by atoms with Crippen molar-refractivity contribution in [3.05, 3.63) is 0 Å². The van der Waals surface area contributed by atoms with Gasteiger partial charge in [-0.25, -0.2) is 0 Å². The summed E-state index contributed by atoms with van der Waals surface area (Å²) in [6.45, 7) is 3.26. The molecule has 0 spiro atoms. The third kappa shape index (κ3) is 3.27. The molecular formula is C15H26N2OS. The second-order valence-corrected chi connectivity index (χ2v) is 7.59. The average molecular weight is 282 g/mol. The first-order valence-electron chi connectivity index (χ1n) is 7.96. The van der Waals surface area contributed by atoms with E-state index in [2.05, 4.69) is 22.0 Å². The Morgan fingerprint density at radius 3 is 3.00 bits per heavy atom. The zero-order chi connectivity index (χ0) is 13.1. The van der Waals surface area contributed by atoms with Gasteiger partial charge in [0, 0.05) is 30.0 Å². The maximum Gasteiger partial charge on any atom is 0.222 e. The summed E-state index contributed by atoms with van der Waals surface area (Å²) in [5.41, 5.74) is 0. The Kier molecular flexibility index (Phi) is 4.69. The van der Waals surface area contributed by atoms with Crippen LogP contribution in [0.25, 0.3) is 0 Å². The lowest BCUT2D eigenvalue weighted by Crippen LogP contribution is -2.51. The van der Waals surface area contributed by atoms with Crippen molar-refractivity contribution in [3.63, 3.8) is 0 Å². The first-order valence-corrected chi connectivity index (χ1v) is 9.01. The van der Waals surface area contributed by atoms with Crippen LogP contribution in [-0.2, 0) is 4.79 Å². The number of carbonyl (C=O) groups excluding carboxylic acids is 1. The van der Waals surface area contributed by atoms with Gasteiger partial charge in [0.05, 0.1) is 0 Å². The van der Waals surface area contributed by atoms with Gasteiger partial charge in [-0.15, -0.1) is 0 Å². The van der Waals surface area contributed by atoms with Crippen LogP contribution in [0.4, 0.5) is 0 Å². The molecule has 3 nitrogen and oxygen atoms in total. The summed E-state index contributed by atoms with van der Waals surface area (Å²) in [4.78, 5) is 14.7. The van der Waals surface area contributed by atoms with E-state index >= 15 is 0 Å². The van der Waals surface area contributed by atoms with E-state index in [1.165, 1.54) is 32.1 Å². The van der Waals surface area contributed by atoms with Crippen molar-refractivity contribution in [2.45, 2.75) is 56.2 Å². The summed E-state index contributed by atoms with van der Waals surface area (Å²) in [6.07, 6.45) is 8.38. The van der Waals surface area contributed by atoms with Crippen LogP contribution < -0.4 is 5.32 Å². The van der Waals surface area contributed by atoms with E-state index < -0.39 is 0 Å². The highest BCUT2D eigenvalue weighted by atomic mass is 32.2. The molecule has 1 N–H and O–H groups in total. The quantitative estimate of drug-likeness (QED) is 0.862. The topological polar surface area (TPSA) is 32.3 Å². The Balaban J connectivity index is 1.52. The van der Waals surface area contributed by atoms with Gasteiger partial charge >= 0.3 is 0 Å². The third-order valence-corrected chi connectivity index (χ3v) is 6.38. The van der Waals surface area contributed by atoms with Gasteiger partial charge in [-0.05, 0) is 44.7 Å². The molecule has 19 heavy (non-hydrogen) atoms. The number of carbonyl (C=O) groups is 1. The predicted molar refractivity (Wildman–Crippen MR) is 80.4 cm³/mol. The summed E-state index contributed by atoms with van der Waals surface area (Å²) < 4.78 is 0. The number of amides is 1. The molecule has 0 aromatic rings. The van der Waals surface area contributed by atoms with Crippen LogP contribution in [-0.4, -0.2) is 47.5 Å². The third-order valence-electron chi connectivity index (χ3n) is 4.98. The lowest BCUT2D eigenvalue weighted by molar-refractivity contribution is -0.134. The fourth-order valence-corrected chi connectivity index (χ4v) is 5.28. The molecule has 2 aliphatic heterocycles. The predicted octanol–water partition coefficient (Wildman–Crippen LogP) is 2.26. The fourth-order valence-electron chi connectivity index (χ4n) is 3.84. The molecule has 0 aromatic heterocycles. The number of nitrogens with one attached hydrogen (secondary N) is 1. The summed E-state index contributed by atoms with van der Waals surface area (Å²) in [7, 11) is 0. The average Bonchev–Trinajstić information content (AvgIpc) is 2.97. The Morgan fingerprint density at radius 1 is 1.26 bits per heavy atom. The molecule has 3 rings (SSSR count). The maximum atomic E-state index is 12.5. The maximum absolute atomic E-state index is 12.5. The van der Waals surface area contributed by atoms with E-state index in [0.717, 1.165) is 49.4 Å². The van der Waals surface area contributed by atoms with Crippen molar-refractivity contribution < 1.29 is 4.79 Å². The zero-order valence-electron chi connectivity index (χ0n) is 11.8. The molecule has 4 heteroatoms. The highest BCUT2D eigenvalue weighted by Crippen LogP contribution is 2.36. The molecule has 3 fully saturated rings.